The highest BCUT2D eigenvalue weighted by atomic mass is 35.5. The van der Waals surface area contributed by atoms with Crippen LogP contribution in [0.1, 0.15) is 12.8 Å². The molecule has 1 aromatic carbocycles. The molecule has 0 unspecified atom stereocenters. The highest BCUT2D eigenvalue weighted by molar-refractivity contribution is 6.33. The van der Waals surface area contributed by atoms with E-state index in [2.05, 4.69) is 14.9 Å². The third kappa shape index (κ3) is 2.98. The number of carbonyl (C=O) groups excluding carboxylic acids is 1. The van der Waals surface area contributed by atoms with E-state index < -0.39 is 0 Å². The first kappa shape index (κ1) is 16.4. The summed E-state index contributed by atoms with van der Waals surface area (Å²) in [6, 6.07) is 7.40. The van der Waals surface area contributed by atoms with Crippen molar-refractivity contribution in [3.8, 4) is 5.75 Å². The fourth-order valence-electron chi connectivity index (χ4n) is 3.25. The maximum Gasteiger partial charge on any atom is 0.264 e. The smallest absolute Gasteiger partial charge is 0.264 e. The molecule has 1 N–H and O–H groups in total. The van der Waals surface area contributed by atoms with Crippen LogP contribution in [-0.2, 0) is 11.3 Å². The number of rotatable bonds is 4. The van der Waals surface area contributed by atoms with Crippen molar-refractivity contribution in [3.05, 3.63) is 35.6 Å². The van der Waals surface area contributed by atoms with E-state index in [4.69, 9.17) is 21.3 Å². The molecule has 0 bridgehead atoms. The number of amides is 1. The number of imidazole rings is 1. The second kappa shape index (κ2) is 6.13. The molecule has 0 spiro atoms. The summed E-state index contributed by atoms with van der Waals surface area (Å²) >= 11 is 6.41. The highest BCUT2D eigenvalue weighted by Gasteiger charge is 2.24. The fourth-order valence-corrected chi connectivity index (χ4v) is 3.45. The first-order valence-electron chi connectivity index (χ1n) is 8.90. The number of halogens is 1. The van der Waals surface area contributed by atoms with E-state index >= 15 is 0 Å². The van der Waals surface area contributed by atoms with Crippen LogP contribution in [0, 0.1) is 5.92 Å². The van der Waals surface area contributed by atoms with Gasteiger partial charge in [0.1, 0.15) is 11.3 Å². The molecule has 1 aliphatic heterocycles. The van der Waals surface area contributed by atoms with E-state index in [1.165, 1.54) is 12.8 Å². The molecule has 1 fully saturated rings. The van der Waals surface area contributed by atoms with Gasteiger partial charge in [-0.05, 0) is 37.0 Å². The van der Waals surface area contributed by atoms with Crippen molar-refractivity contribution in [2.24, 2.45) is 5.92 Å². The van der Waals surface area contributed by atoms with Gasteiger partial charge < -0.3 is 19.5 Å². The predicted molar refractivity (Wildman–Crippen MR) is 104 cm³/mol. The highest BCUT2D eigenvalue weighted by Crippen LogP contribution is 2.36. The maximum atomic E-state index is 11.7. The van der Waals surface area contributed by atoms with Crippen LogP contribution in [0.2, 0.25) is 5.02 Å². The summed E-state index contributed by atoms with van der Waals surface area (Å²) in [5.74, 6) is 1.89. The molecule has 2 aliphatic rings. The average molecular weight is 384 g/mol. The first-order chi connectivity index (χ1) is 13.1. The Labute approximate surface area is 160 Å². The van der Waals surface area contributed by atoms with Crippen molar-refractivity contribution in [2.75, 3.05) is 23.9 Å². The Balaban J connectivity index is 1.47. The normalized spacial score (nSPS) is 16.4. The quantitative estimate of drug-likeness (QED) is 0.745. The monoisotopic (exact) mass is 383 g/mol. The minimum atomic E-state index is -0.0673. The van der Waals surface area contributed by atoms with Crippen molar-refractivity contribution in [1.82, 2.24) is 14.5 Å². The summed E-state index contributed by atoms with van der Waals surface area (Å²) < 4.78 is 7.63. The summed E-state index contributed by atoms with van der Waals surface area (Å²) in [4.78, 5) is 22.4. The Morgan fingerprint density at radius 2 is 2.19 bits per heavy atom. The lowest BCUT2D eigenvalue weighted by Gasteiger charge is -2.26. The van der Waals surface area contributed by atoms with E-state index in [0.29, 0.717) is 16.6 Å². The number of fused-ring (bicyclic) bond motifs is 2. The number of hydrogen-bond donors (Lipinski definition) is 1. The Morgan fingerprint density at radius 3 is 3.00 bits per heavy atom. The van der Waals surface area contributed by atoms with Gasteiger partial charge in [0.25, 0.3) is 5.91 Å². The summed E-state index contributed by atoms with van der Waals surface area (Å²) in [5, 5.41) is 3.76. The van der Waals surface area contributed by atoms with Crippen LogP contribution in [0.4, 0.5) is 17.2 Å². The number of anilines is 3. The number of nitrogens with zero attached hydrogens (tertiary/aromatic N) is 4. The topological polar surface area (TPSA) is 72.3 Å². The van der Waals surface area contributed by atoms with Crippen LogP contribution in [0.5, 0.6) is 5.75 Å². The molecule has 3 aromatic rings. The molecule has 0 radical (unpaired) electrons. The van der Waals surface area contributed by atoms with E-state index in [1.807, 2.05) is 30.6 Å². The van der Waals surface area contributed by atoms with E-state index in [-0.39, 0.29) is 12.5 Å². The van der Waals surface area contributed by atoms with Crippen LogP contribution in [0.3, 0.4) is 0 Å². The molecule has 3 heterocycles. The zero-order valence-corrected chi connectivity index (χ0v) is 15.5. The molecule has 0 atom stereocenters. The second-order valence-electron chi connectivity index (χ2n) is 7.05. The van der Waals surface area contributed by atoms with Crippen molar-refractivity contribution >= 4 is 45.9 Å². The summed E-state index contributed by atoms with van der Waals surface area (Å²) in [6.45, 7) is 0.982. The maximum absolute atomic E-state index is 11.7. The van der Waals surface area contributed by atoms with Crippen molar-refractivity contribution < 1.29 is 9.53 Å². The summed E-state index contributed by atoms with van der Waals surface area (Å²) in [7, 11) is 1.74. The van der Waals surface area contributed by atoms with Crippen molar-refractivity contribution in [2.45, 2.75) is 19.4 Å². The average Bonchev–Trinajstić information content (AvgIpc) is 3.40. The van der Waals surface area contributed by atoms with Gasteiger partial charge in [-0.1, -0.05) is 11.6 Å². The Kier molecular flexibility index (Phi) is 3.72. The first-order valence-corrected chi connectivity index (χ1v) is 9.28. The molecule has 7 nitrogen and oxygen atoms in total. The van der Waals surface area contributed by atoms with Crippen LogP contribution < -0.4 is 15.0 Å². The van der Waals surface area contributed by atoms with Gasteiger partial charge in [0.05, 0.1) is 17.0 Å². The molecule has 0 saturated heterocycles. The number of benzene rings is 1. The van der Waals surface area contributed by atoms with Gasteiger partial charge in [0, 0.05) is 25.3 Å². The molecule has 5 rings (SSSR count). The SMILES string of the molecule is CN1C(=O)COc2cc(Nc3nc4c(cc3Cl)ncn4CC3CC3)ccc21. The van der Waals surface area contributed by atoms with E-state index in [0.717, 1.165) is 35.0 Å². The third-order valence-electron chi connectivity index (χ3n) is 5.01. The molecular formula is C19H18ClN5O2. The zero-order valence-electron chi connectivity index (χ0n) is 14.8. The number of pyridine rings is 1. The lowest BCUT2D eigenvalue weighted by atomic mass is 10.2. The van der Waals surface area contributed by atoms with Gasteiger partial charge in [-0.2, -0.15) is 0 Å². The number of aromatic nitrogens is 3. The van der Waals surface area contributed by atoms with Crippen molar-refractivity contribution in [1.29, 1.82) is 0 Å². The number of ether oxygens (including phenoxy) is 1. The molecular weight excluding hydrogens is 366 g/mol. The van der Waals surface area contributed by atoms with Crippen LogP contribution in [-0.4, -0.2) is 34.1 Å². The molecule has 1 saturated carbocycles. The van der Waals surface area contributed by atoms with E-state index in [9.17, 15) is 4.79 Å². The largest absolute Gasteiger partial charge is 0.481 e. The lowest BCUT2D eigenvalue weighted by molar-refractivity contribution is -0.120. The van der Waals surface area contributed by atoms with Gasteiger partial charge in [0.2, 0.25) is 0 Å². The molecule has 138 valence electrons. The van der Waals surface area contributed by atoms with E-state index in [1.54, 1.807) is 11.9 Å². The van der Waals surface area contributed by atoms with Gasteiger partial charge in [-0.25, -0.2) is 9.97 Å². The summed E-state index contributed by atoms with van der Waals surface area (Å²) in [6.07, 6.45) is 4.37. The molecule has 8 heteroatoms. The summed E-state index contributed by atoms with van der Waals surface area (Å²) in [5.41, 5.74) is 3.15. The van der Waals surface area contributed by atoms with Crippen molar-refractivity contribution in [3.63, 3.8) is 0 Å². The molecule has 1 aliphatic carbocycles. The fraction of sp³-hybridized carbons (Fsp3) is 0.316. The van der Waals surface area contributed by atoms with Crippen LogP contribution in [0.15, 0.2) is 30.6 Å². The third-order valence-corrected chi connectivity index (χ3v) is 5.29. The van der Waals surface area contributed by atoms with Gasteiger partial charge in [-0.3, -0.25) is 4.79 Å². The Bertz CT molecular complexity index is 1060. The number of likely N-dealkylation sites (N-methyl/N-ethyl adjacent to an activating group) is 1. The molecule has 2 aromatic heterocycles. The van der Waals surface area contributed by atoms with Crippen LogP contribution >= 0.6 is 11.6 Å². The van der Waals surface area contributed by atoms with Gasteiger partial charge in [-0.15, -0.1) is 0 Å². The number of carbonyl (C=O) groups is 1. The minimum absolute atomic E-state index is 0.0400. The predicted octanol–water partition coefficient (Wildman–Crippen LogP) is 3.59. The number of nitrogens with one attached hydrogen (secondary N) is 1. The Morgan fingerprint density at radius 1 is 1.33 bits per heavy atom. The zero-order chi connectivity index (χ0) is 18.5. The lowest BCUT2D eigenvalue weighted by Crippen LogP contribution is -2.35. The Hall–Kier alpha value is -2.80. The standard InChI is InChI=1S/C19H18ClN5O2/c1-24-15-5-4-12(6-16(15)27-9-17(24)26)22-18-13(20)7-14-19(23-18)25(10-21-14)8-11-2-3-11/h4-7,10-11H,2-3,8-9H2,1H3,(H,22,23). The molecule has 27 heavy (non-hydrogen) atoms. The van der Waals surface area contributed by atoms with Gasteiger partial charge >= 0.3 is 0 Å². The number of hydrogen-bond acceptors (Lipinski definition) is 5. The van der Waals surface area contributed by atoms with Gasteiger partial charge in [0.15, 0.2) is 18.1 Å². The molecule has 1 amide bonds. The second-order valence-corrected chi connectivity index (χ2v) is 7.46. The minimum Gasteiger partial charge on any atom is -0.481 e. The van der Waals surface area contributed by atoms with Crippen LogP contribution in [0.25, 0.3) is 11.2 Å².